The van der Waals surface area contributed by atoms with Crippen LogP contribution in [-0.4, -0.2) is 24.3 Å². The van der Waals surface area contributed by atoms with Crippen molar-refractivity contribution < 1.29 is 9.72 Å². The Balaban J connectivity index is 2.10. The van der Waals surface area contributed by atoms with Gasteiger partial charge in [-0.15, -0.1) is 0 Å². The fourth-order valence-corrected chi connectivity index (χ4v) is 1.42. The molecule has 1 aliphatic rings. The molecule has 0 aliphatic carbocycles. The smallest absolute Gasteiger partial charge is 0.317 e. The predicted molar refractivity (Wildman–Crippen MR) is 57.0 cm³/mol. The zero-order valence-electron chi connectivity index (χ0n) is 8.34. The van der Waals surface area contributed by atoms with Gasteiger partial charge in [-0.25, -0.2) is 4.79 Å². The molecule has 0 aromatic heterocycles. The Morgan fingerprint density at radius 1 is 1.19 bits per heavy atom. The summed E-state index contributed by atoms with van der Waals surface area (Å²) < 4.78 is 0. The fraction of sp³-hybridized carbons (Fsp3) is 0.222. The van der Waals surface area contributed by atoms with Crippen LogP contribution in [0.25, 0.3) is 0 Å². The molecule has 0 bridgehead atoms. The Labute approximate surface area is 91.2 Å². The molecule has 16 heavy (non-hydrogen) atoms. The van der Waals surface area contributed by atoms with Crippen molar-refractivity contribution in [2.24, 2.45) is 0 Å². The molecule has 1 saturated heterocycles. The number of hydrogen-bond donors (Lipinski definition) is 2. The third kappa shape index (κ3) is 2.02. The van der Waals surface area contributed by atoms with Gasteiger partial charge in [0.25, 0.3) is 5.69 Å². The topological polar surface area (TPSA) is 87.5 Å². The summed E-state index contributed by atoms with van der Waals surface area (Å²) in [5.74, 6) is 0. The van der Waals surface area contributed by atoms with E-state index >= 15 is 0 Å². The first-order chi connectivity index (χ1) is 7.66. The first kappa shape index (κ1) is 10.2. The molecule has 1 aromatic carbocycles. The van der Waals surface area contributed by atoms with E-state index in [1.54, 1.807) is 12.1 Å². The lowest BCUT2D eigenvalue weighted by Crippen LogP contribution is -2.54. The van der Waals surface area contributed by atoms with Gasteiger partial charge in [0.2, 0.25) is 0 Å². The van der Waals surface area contributed by atoms with Gasteiger partial charge in [0, 0.05) is 17.8 Å². The van der Waals surface area contributed by atoms with Gasteiger partial charge >= 0.3 is 6.03 Å². The van der Waals surface area contributed by atoms with Crippen LogP contribution in [0.3, 0.4) is 0 Å². The van der Waals surface area contributed by atoms with Crippen molar-refractivity contribution in [3.05, 3.63) is 34.4 Å². The molecule has 2 amide bonds. The van der Waals surface area contributed by atoms with E-state index in [0.29, 0.717) is 13.3 Å². The molecule has 1 heterocycles. The number of nitrogens with one attached hydrogen (secondary N) is 2. The molecule has 2 rings (SSSR count). The number of amides is 2. The van der Waals surface area contributed by atoms with Crippen LogP contribution in [0.15, 0.2) is 24.3 Å². The number of nitrogens with zero attached hydrogens (tertiary/aromatic N) is 2. The number of benzene rings is 1. The van der Waals surface area contributed by atoms with Crippen molar-refractivity contribution >= 4 is 17.4 Å². The van der Waals surface area contributed by atoms with Crippen molar-refractivity contribution in [2.75, 3.05) is 18.2 Å². The van der Waals surface area contributed by atoms with E-state index in [-0.39, 0.29) is 11.7 Å². The highest BCUT2D eigenvalue weighted by Gasteiger charge is 2.15. The summed E-state index contributed by atoms with van der Waals surface area (Å²) in [5.41, 5.74) is 0.871. The quantitative estimate of drug-likeness (QED) is 0.567. The molecule has 7 heteroatoms. The number of nitro groups is 1. The maximum atomic E-state index is 10.8. The molecule has 1 aliphatic heterocycles. The molecule has 84 valence electrons. The minimum Gasteiger partial charge on any atom is -0.336 e. The highest BCUT2D eigenvalue weighted by molar-refractivity contribution is 5.75. The fourth-order valence-electron chi connectivity index (χ4n) is 1.42. The SMILES string of the molecule is O=C1NCN(c2ccc([N+](=O)[O-])cc2)CN1. The minimum atomic E-state index is -0.444. The van der Waals surface area contributed by atoms with Crippen LogP contribution in [-0.2, 0) is 0 Å². The summed E-state index contributed by atoms with van der Waals surface area (Å²) in [5, 5.41) is 15.7. The van der Waals surface area contributed by atoms with E-state index in [2.05, 4.69) is 10.6 Å². The standard InChI is InChI=1S/C9H10N4O3/c14-9-10-5-12(6-11-9)7-1-3-8(4-2-7)13(15)16/h1-4H,5-6H2,(H2,10,11,14). The monoisotopic (exact) mass is 222 g/mol. The first-order valence-electron chi connectivity index (χ1n) is 4.68. The molecule has 7 nitrogen and oxygen atoms in total. The molecule has 2 N–H and O–H groups in total. The van der Waals surface area contributed by atoms with Crippen LogP contribution in [0.5, 0.6) is 0 Å². The third-order valence-corrected chi connectivity index (χ3v) is 2.29. The number of non-ortho nitro benzene ring substituents is 1. The van der Waals surface area contributed by atoms with Crippen molar-refractivity contribution in [1.29, 1.82) is 0 Å². The molecule has 0 spiro atoms. The molecule has 0 saturated carbocycles. The van der Waals surface area contributed by atoms with Crippen LogP contribution < -0.4 is 15.5 Å². The zero-order chi connectivity index (χ0) is 11.5. The van der Waals surface area contributed by atoms with E-state index in [0.717, 1.165) is 5.69 Å². The number of carbonyl (C=O) groups is 1. The Morgan fingerprint density at radius 3 is 2.25 bits per heavy atom. The number of hydrogen-bond acceptors (Lipinski definition) is 4. The van der Waals surface area contributed by atoms with Gasteiger partial charge in [-0.3, -0.25) is 10.1 Å². The maximum absolute atomic E-state index is 10.8. The predicted octanol–water partition coefficient (Wildman–Crippen LogP) is 0.629. The maximum Gasteiger partial charge on any atom is 0.317 e. The lowest BCUT2D eigenvalue weighted by Gasteiger charge is -2.29. The van der Waals surface area contributed by atoms with Crippen LogP contribution >= 0.6 is 0 Å². The van der Waals surface area contributed by atoms with E-state index in [1.165, 1.54) is 12.1 Å². The Morgan fingerprint density at radius 2 is 1.75 bits per heavy atom. The minimum absolute atomic E-state index is 0.0535. The first-order valence-corrected chi connectivity index (χ1v) is 4.68. The number of nitro benzene ring substituents is 1. The third-order valence-electron chi connectivity index (χ3n) is 2.29. The summed E-state index contributed by atoms with van der Waals surface area (Å²) in [6.45, 7) is 0.785. The average molecular weight is 222 g/mol. The number of urea groups is 1. The molecular weight excluding hydrogens is 212 g/mol. The summed E-state index contributed by atoms with van der Waals surface area (Å²) in [4.78, 5) is 22.7. The van der Waals surface area contributed by atoms with Crippen LogP contribution in [0.2, 0.25) is 0 Å². The van der Waals surface area contributed by atoms with E-state index in [4.69, 9.17) is 0 Å². The number of rotatable bonds is 2. The summed E-state index contributed by atoms with van der Waals surface area (Å²) in [7, 11) is 0. The van der Waals surface area contributed by atoms with Gasteiger partial charge in [0.15, 0.2) is 0 Å². The Bertz CT molecular complexity index is 407. The average Bonchev–Trinajstić information content (AvgIpc) is 2.30. The normalized spacial score (nSPS) is 15.2. The highest BCUT2D eigenvalue weighted by Crippen LogP contribution is 2.18. The summed E-state index contributed by atoms with van der Waals surface area (Å²) in [6, 6.07) is 5.96. The van der Waals surface area contributed by atoms with Gasteiger partial charge in [-0.1, -0.05) is 0 Å². The second kappa shape index (κ2) is 4.05. The van der Waals surface area contributed by atoms with Crippen LogP contribution in [0, 0.1) is 10.1 Å². The van der Waals surface area contributed by atoms with Gasteiger partial charge in [0.1, 0.15) is 0 Å². The molecule has 1 fully saturated rings. The van der Waals surface area contributed by atoms with E-state index in [9.17, 15) is 14.9 Å². The highest BCUT2D eigenvalue weighted by atomic mass is 16.6. The Kier molecular flexibility index (Phi) is 2.59. The van der Waals surface area contributed by atoms with Crippen molar-refractivity contribution in [3.8, 4) is 0 Å². The van der Waals surface area contributed by atoms with Gasteiger partial charge < -0.3 is 15.5 Å². The van der Waals surface area contributed by atoms with E-state index < -0.39 is 4.92 Å². The second-order valence-corrected chi connectivity index (χ2v) is 3.31. The summed E-state index contributed by atoms with van der Waals surface area (Å²) in [6.07, 6.45) is 0. The molecular formula is C9H10N4O3. The second-order valence-electron chi connectivity index (χ2n) is 3.31. The molecule has 0 unspecified atom stereocenters. The number of carbonyl (C=O) groups excluding carboxylic acids is 1. The van der Waals surface area contributed by atoms with Crippen LogP contribution in [0.1, 0.15) is 0 Å². The lowest BCUT2D eigenvalue weighted by molar-refractivity contribution is -0.384. The van der Waals surface area contributed by atoms with Gasteiger partial charge in [-0.05, 0) is 12.1 Å². The van der Waals surface area contributed by atoms with Crippen LogP contribution in [0.4, 0.5) is 16.2 Å². The van der Waals surface area contributed by atoms with Gasteiger partial charge in [-0.2, -0.15) is 0 Å². The Hall–Kier alpha value is -2.31. The lowest BCUT2D eigenvalue weighted by atomic mass is 10.2. The largest absolute Gasteiger partial charge is 0.336 e. The molecule has 1 aromatic rings. The molecule has 0 radical (unpaired) electrons. The zero-order valence-corrected chi connectivity index (χ0v) is 8.34. The summed E-state index contributed by atoms with van der Waals surface area (Å²) >= 11 is 0. The van der Waals surface area contributed by atoms with E-state index in [1.807, 2.05) is 4.90 Å². The van der Waals surface area contributed by atoms with Crippen molar-refractivity contribution in [3.63, 3.8) is 0 Å². The number of anilines is 1. The van der Waals surface area contributed by atoms with Crippen molar-refractivity contribution in [2.45, 2.75) is 0 Å². The van der Waals surface area contributed by atoms with Gasteiger partial charge in [0.05, 0.1) is 18.3 Å². The van der Waals surface area contributed by atoms with Crippen molar-refractivity contribution in [1.82, 2.24) is 10.6 Å². The molecule has 0 atom stereocenters.